The Hall–Kier alpha value is -3.82. The number of fused-ring (bicyclic) bond motifs is 5. The highest BCUT2D eigenvalue weighted by Crippen LogP contribution is 2.52. The summed E-state index contributed by atoms with van der Waals surface area (Å²) in [6, 6.07) is 9.68. The van der Waals surface area contributed by atoms with Gasteiger partial charge in [-0.05, 0) is 43.1 Å². The number of esters is 2. The van der Waals surface area contributed by atoms with E-state index in [0.29, 0.717) is 31.7 Å². The highest BCUT2D eigenvalue weighted by molar-refractivity contribution is 6.06. The Balaban J connectivity index is 0.899. The van der Waals surface area contributed by atoms with Crippen LogP contribution in [0.15, 0.2) is 48.7 Å². The normalized spacial score (nSPS) is 22.7. The number of likely N-dealkylation sites (tertiary alicyclic amines) is 1. The van der Waals surface area contributed by atoms with Crippen LogP contribution in [0.5, 0.6) is 0 Å². The van der Waals surface area contributed by atoms with Gasteiger partial charge in [-0.15, -0.1) is 5.10 Å². The molecule has 2 bridgehead atoms. The molecule has 248 valence electrons. The van der Waals surface area contributed by atoms with Crippen LogP contribution < -0.4 is 0 Å². The molecular weight excluding hydrogens is 584 g/mol. The molecular formula is C36H48N4O6. The van der Waals surface area contributed by atoms with Crippen molar-refractivity contribution in [2.24, 2.45) is 29.6 Å². The van der Waals surface area contributed by atoms with Crippen molar-refractivity contribution in [3.63, 3.8) is 0 Å². The number of carbonyl (C=O) groups is 4. The van der Waals surface area contributed by atoms with Crippen LogP contribution in [-0.4, -0.2) is 63.9 Å². The molecule has 2 fully saturated rings. The number of hydrogen-bond acceptors (Lipinski definition) is 8. The van der Waals surface area contributed by atoms with Crippen LogP contribution in [0.1, 0.15) is 94.9 Å². The molecule has 0 N–H and O–H groups in total. The molecule has 1 aromatic carbocycles. The zero-order valence-electron chi connectivity index (χ0n) is 27.2. The van der Waals surface area contributed by atoms with Crippen molar-refractivity contribution in [3.8, 4) is 0 Å². The summed E-state index contributed by atoms with van der Waals surface area (Å²) in [6.07, 6.45) is 16.5. The number of methoxy groups -OCH3 is 1. The molecule has 2 heterocycles. The minimum Gasteiger partial charge on any atom is -0.469 e. The Bertz CT molecular complexity index is 1340. The molecule has 10 nitrogen and oxygen atoms in total. The largest absolute Gasteiger partial charge is 0.469 e. The number of ether oxygens (including phenoxy) is 2. The Morgan fingerprint density at radius 1 is 0.913 bits per heavy atom. The number of aromatic nitrogens is 3. The summed E-state index contributed by atoms with van der Waals surface area (Å²) in [7, 11) is 1.39. The fourth-order valence-corrected chi connectivity index (χ4v) is 7.39. The van der Waals surface area contributed by atoms with E-state index in [0.717, 1.165) is 63.4 Å². The van der Waals surface area contributed by atoms with Gasteiger partial charge in [-0.25, -0.2) is 4.68 Å². The van der Waals surface area contributed by atoms with Gasteiger partial charge in [0, 0.05) is 19.2 Å². The van der Waals surface area contributed by atoms with Gasteiger partial charge in [-0.2, -0.15) is 0 Å². The van der Waals surface area contributed by atoms with Gasteiger partial charge < -0.3 is 9.47 Å². The molecule has 2 aliphatic carbocycles. The minimum absolute atomic E-state index is 0.0658. The lowest BCUT2D eigenvalue weighted by atomic mass is 9.85. The summed E-state index contributed by atoms with van der Waals surface area (Å²) >= 11 is 0. The molecule has 1 saturated carbocycles. The lowest BCUT2D eigenvalue weighted by Crippen LogP contribution is -2.33. The van der Waals surface area contributed by atoms with Crippen molar-refractivity contribution in [3.05, 3.63) is 59.9 Å². The van der Waals surface area contributed by atoms with E-state index in [-0.39, 0.29) is 65.8 Å². The molecule has 6 unspecified atom stereocenters. The van der Waals surface area contributed by atoms with Gasteiger partial charge in [0.25, 0.3) is 0 Å². The number of unbranched alkanes of at least 4 members (excludes halogenated alkanes) is 7. The van der Waals surface area contributed by atoms with Crippen LogP contribution in [0.25, 0.3) is 0 Å². The molecule has 1 saturated heterocycles. The Morgan fingerprint density at radius 2 is 1.54 bits per heavy atom. The summed E-state index contributed by atoms with van der Waals surface area (Å²) in [4.78, 5) is 51.5. The molecule has 6 atom stereocenters. The van der Waals surface area contributed by atoms with Gasteiger partial charge in [0.2, 0.25) is 11.8 Å². The molecule has 5 rings (SSSR count). The Kier molecular flexibility index (Phi) is 11.8. The van der Waals surface area contributed by atoms with Crippen molar-refractivity contribution in [1.29, 1.82) is 0 Å². The molecule has 1 aliphatic heterocycles. The van der Waals surface area contributed by atoms with Crippen LogP contribution in [0.3, 0.4) is 0 Å². The average molecular weight is 633 g/mol. The number of allylic oxidation sites excluding steroid dienone is 2. The molecule has 1 aromatic heterocycles. The lowest BCUT2D eigenvalue weighted by Gasteiger charge is -2.20. The first-order valence-electron chi connectivity index (χ1n) is 17.1. The number of nitrogens with zero attached hydrogens (tertiary/aromatic N) is 4. The van der Waals surface area contributed by atoms with E-state index in [2.05, 4.69) is 22.5 Å². The minimum atomic E-state index is -0.309. The highest BCUT2D eigenvalue weighted by atomic mass is 16.5. The average Bonchev–Trinajstić information content (AvgIpc) is 3.87. The molecule has 2 aromatic rings. The smallest absolute Gasteiger partial charge is 0.308 e. The maximum atomic E-state index is 12.8. The van der Waals surface area contributed by atoms with E-state index >= 15 is 0 Å². The quantitative estimate of drug-likeness (QED) is 0.0866. The third-order valence-corrected chi connectivity index (χ3v) is 9.93. The second-order valence-electron chi connectivity index (χ2n) is 13.2. The molecule has 10 heteroatoms. The first-order chi connectivity index (χ1) is 22.4. The maximum absolute atomic E-state index is 12.8. The number of carbonyl (C=O) groups excluding carboxylic acids is 4. The van der Waals surface area contributed by atoms with Gasteiger partial charge in [-0.1, -0.05) is 93.1 Å². The number of hydrogen-bond donors (Lipinski definition) is 0. The van der Waals surface area contributed by atoms with Crippen molar-refractivity contribution in [2.75, 3.05) is 20.3 Å². The van der Waals surface area contributed by atoms with E-state index in [1.807, 2.05) is 43.5 Å². The van der Waals surface area contributed by atoms with Crippen molar-refractivity contribution >= 4 is 23.8 Å². The topological polar surface area (TPSA) is 121 Å². The predicted molar refractivity (Wildman–Crippen MR) is 171 cm³/mol. The summed E-state index contributed by atoms with van der Waals surface area (Å²) in [5.41, 5.74) is 1.72. The molecule has 0 radical (unpaired) electrons. The van der Waals surface area contributed by atoms with Crippen molar-refractivity contribution < 1.29 is 28.7 Å². The fourth-order valence-electron chi connectivity index (χ4n) is 7.39. The monoisotopic (exact) mass is 632 g/mol. The standard InChI is InChI=1S/C36H48N4O6/c1-25(36(44)45-2)22-30(26-14-10-9-11-15-26)40-24-29(37-38-40)18-19-31(41)46-21-13-8-6-4-3-5-7-12-20-39-34(42)32-27-16-17-28(23-27)33(32)35(39)43/h9-11,14-17,24-25,27-28,30,32-33H,3-8,12-13,18-23H2,1-2H3. The van der Waals surface area contributed by atoms with E-state index in [1.165, 1.54) is 7.11 Å². The molecule has 0 spiro atoms. The van der Waals surface area contributed by atoms with E-state index in [4.69, 9.17) is 9.47 Å². The first-order valence-corrected chi connectivity index (χ1v) is 17.1. The third kappa shape index (κ3) is 8.12. The summed E-state index contributed by atoms with van der Waals surface area (Å²) in [5.74, 6) is -0.292. The first kappa shape index (κ1) is 33.5. The number of rotatable bonds is 19. The SMILES string of the molecule is COC(=O)C(C)CC(c1ccccc1)n1cc(CCC(=O)OCCCCCCCCCCN2C(=O)C3C4C=CC(C4)C3C2=O)nn1. The number of aryl methyl sites for hydroxylation is 1. The second-order valence-corrected chi connectivity index (χ2v) is 13.2. The van der Waals surface area contributed by atoms with Gasteiger partial charge in [-0.3, -0.25) is 24.1 Å². The number of imide groups is 1. The van der Waals surface area contributed by atoms with E-state index < -0.39 is 0 Å². The molecule has 46 heavy (non-hydrogen) atoms. The zero-order chi connectivity index (χ0) is 32.5. The van der Waals surface area contributed by atoms with Crippen LogP contribution in [0.2, 0.25) is 0 Å². The van der Waals surface area contributed by atoms with Crippen molar-refractivity contribution in [2.45, 2.75) is 90.0 Å². The van der Waals surface area contributed by atoms with Crippen LogP contribution in [0, 0.1) is 29.6 Å². The third-order valence-electron chi connectivity index (χ3n) is 9.93. The van der Waals surface area contributed by atoms with Gasteiger partial charge in [0.1, 0.15) is 0 Å². The van der Waals surface area contributed by atoms with Gasteiger partial charge in [0.05, 0.1) is 49.6 Å². The van der Waals surface area contributed by atoms with Crippen LogP contribution in [0.4, 0.5) is 0 Å². The Morgan fingerprint density at radius 3 is 2.20 bits per heavy atom. The fraction of sp³-hybridized carbons (Fsp3) is 0.611. The van der Waals surface area contributed by atoms with Crippen LogP contribution >= 0.6 is 0 Å². The summed E-state index contributed by atoms with van der Waals surface area (Å²) < 4.78 is 12.1. The van der Waals surface area contributed by atoms with E-state index in [9.17, 15) is 19.2 Å². The Labute approximate surface area is 271 Å². The highest BCUT2D eigenvalue weighted by Gasteiger charge is 2.58. The summed E-state index contributed by atoms with van der Waals surface area (Å²) in [6.45, 7) is 2.83. The van der Waals surface area contributed by atoms with Crippen molar-refractivity contribution in [1.82, 2.24) is 19.9 Å². The lowest BCUT2D eigenvalue weighted by molar-refractivity contribution is -0.145. The number of benzene rings is 1. The predicted octanol–water partition coefficient (Wildman–Crippen LogP) is 5.47. The second kappa shape index (κ2) is 16.1. The molecule has 2 amide bonds. The molecule has 3 aliphatic rings. The number of amides is 2. The summed E-state index contributed by atoms with van der Waals surface area (Å²) in [5, 5.41) is 8.57. The van der Waals surface area contributed by atoms with Crippen LogP contribution in [-0.2, 0) is 35.1 Å². The van der Waals surface area contributed by atoms with Gasteiger partial charge in [0.15, 0.2) is 0 Å². The zero-order valence-corrected chi connectivity index (χ0v) is 27.2. The maximum Gasteiger partial charge on any atom is 0.308 e. The van der Waals surface area contributed by atoms with Gasteiger partial charge >= 0.3 is 11.9 Å². The van der Waals surface area contributed by atoms with E-state index in [1.54, 1.807) is 9.58 Å².